The van der Waals surface area contributed by atoms with Crippen LogP contribution in [0, 0.1) is 6.92 Å². The highest BCUT2D eigenvalue weighted by molar-refractivity contribution is 5.25. The minimum absolute atomic E-state index is 0.103. The second-order valence-corrected chi connectivity index (χ2v) is 6.50. The van der Waals surface area contributed by atoms with Gasteiger partial charge in [0.1, 0.15) is 0 Å². The molecular weight excluding hydrogens is 248 g/mol. The van der Waals surface area contributed by atoms with Crippen molar-refractivity contribution in [3.05, 3.63) is 35.4 Å². The van der Waals surface area contributed by atoms with E-state index in [4.69, 9.17) is 5.73 Å². The topological polar surface area (TPSA) is 49.5 Å². The predicted molar refractivity (Wildman–Crippen MR) is 83.6 cm³/mol. The van der Waals surface area contributed by atoms with Gasteiger partial charge in [0.15, 0.2) is 0 Å². The highest BCUT2D eigenvalue weighted by Crippen LogP contribution is 2.31. The zero-order valence-electron chi connectivity index (χ0n) is 13.0. The molecule has 3 N–H and O–H groups in total. The molecule has 3 unspecified atom stereocenters. The SMILES string of the molecule is CCC(N)C(c1ccc(C)cc1)N1CCCC(C)(O)C1. The fourth-order valence-corrected chi connectivity index (χ4v) is 3.21. The second-order valence-electron chi connectivity index (χ2n) is 6.50. The lowest BCUT2D eigenvalue weighted by molar-refractivity contribution is -0.0343. The fourth-order valence-electron chi connectivity index (χ4n) is 3.21. The largest absolute Gasteiger partial charge is 0.389 e. The Bertz CT molecular complexity index is 427. The van der Waals surface area contributed by atoms with Gasteiger partial charge in [-0.3, -0.25) is 4.90 Å². The van der Waals surface area contributed by atoms with Crippen molar-refractivity contribution in [2.24, 2.45) is 5.73 Å². The first-order chi connectivity index (χ1) is 9.43. The summed E-state index contributed by atoms with van der Waals surface area (Å²) in [7, 11) is 0. The molecule has 0 aromatic heterocycles. The van der Waals surface area contributed by atoms with E-state index in [0.29, 0.717) is 6.54 Å². The van der Waals surface area contributed by atoms with Crippen LogP contribution in [0.15, 0.2) is 24.3 Å². The van der Waals surface area contributed by atoms with Crippen LogP contribution in [-0.2, 0) is 0 Å². The molecule has 0 amide bonds. The van der Waals surface area contributed by atoms with Crippen LogP contribution < -0.4 is 5.73 Å². The molecule has 0 spiro atoms. The van der Waals surface area contributed by atoms with Crippen molar-refractivity contribution in [1.29, 1.82) is 0 Å². The minimum atomic E-state index is -0.589. The van der Waals surface area contributed by atoms with Gasteiger partial charge in [0, 0.05) is 18.6 Å². The molecule has 3 nitrogen and oxygen atoms in total. The summed E-state index contributed by atoms with van der Waals surface area (Å²) in [5.41, 5.74) is 8.33. The summed E-state index contributed by atoms with van der Waals surface area (Å²) in [5, 5.41) is 10.4. The number of benzene rings is 1. The van der Waals surface area contributed by atoms with Gasteiger partial charge in [-0.15, -0.1) is 0 Å². The zero-order valence-corrected chi connectivity index (χ0v) is 13.0. The molecule has 0 radical (unpaired) electrons. The first-order valence-electron chi connectivity index (χ1n) is 7.71. The molecule has 0 bridgehead atoms. The van der Waals surface area contributed by atoms with Crippen LogP contribution >= 0.6 is 0 Å². The van der Waals surface area contributed by atoms with Crippen LogP contribution in [0.5, 0.6) is 0 Å². The van der Waals surface area contributed by atoms with Gasteiger partial charge in [0.25, 0.3) is 0 Å². The Kier molecular flexibility index (Phi) is 4.84. The van der Waals surface area contributed by atoms with Crippen molar-refractivity contribution in [2.45, 2.75) is 57.7 Å². The van der Waals surface area contributed by atoms with E-state index in [2.05, 4.69) is 43.0 Å². The Morgan fingerprint density at radius 2 is 2.00 bits per heavy atom. The quantitative estimate of drug-likeness (QED) is 0.889. The summed E-state index contributed by atoms with van der Waals surface area (Å²) in [6, 6.07) is 8.95. The van der Waals surface area contributed by atoms with Gasteiger partial charge in [-0.2, -0.15) is 0 Å². The number of hydrogen-bond acceptors (Lipinski definition) is 3. The number of nitrogens with zero attached hydrogens (tertiary/aromatic N) is 1. The fraction of sp³-hybridized carbons (Fsp3) is 0.647. The highest BCUT2D eigenvalue weighted by Gasteiger charge is 2.34. The molecule has 3 atom stereocenters. The Morgan fingerprint density at radius 3 is 2.55 bits per heavy atom. The third kappa shape index (κ3) is 3.60. The average Bonchev–Trinajstić information content (AvgIpc) is 2.40. The van der Waals surface area contributed by atoms with Gasteiger partial charge in [0.05, 0.1) is 5.60 Å². The van der Waals surface area contributed by atoms with Crippen molar-refractivity contribution < 1.29 is 5.11 Å². The minimum Gasteiger partial charge on any atom is -0.389 e. The molecule has 3 heteroatoms. The lowest BCUT2D eigenvalue weighted by Crippen LogP contribution is -2.51. The predicted octanol–water partition coefficient (Wildman–Crippen LogP) is 2.62. The summed E-state index contributed by atoms with van der Waals surface area (Å²) in [6.07, 6.45) is 2.86. The maximum Gasteiger partial charge on any atom is 0.0746 e. The molecule has 1 aromatic rings. The summed E-state index contributed by atoms with van der Waals surface area (Å²) < 4.78 is 0. The third-order valence-electron chi connectivity index (χ3n) is 4.39. The van der Waals surface area contributed by atoms with E-state index in [9.17, 15) is 5.11 Å². The number of β-amino-alcohol motifs (C(OH)–C–C–N with tert-alkyl or cyclic N) is 1. The molecule has 1 heterocycles. The highest BCUT2D eigenvalue weighted by atomic mass is 16.3. The Hall–Kier alpha value is -0.900. The van der Waals surface area contributed by atoms with Crippen molar-refractivity contribution in [3.8, 4) is 0 Å². The lowest BCUT2D eigenvalue weighted by Gasteiger charge is -2.43. The molecule has 20 heavy (non-hydrogen) atoms. The molecule has 1 fully saturated rings. The summed E-state index contributed by atoms with van der Waals surface area (Å²) in [6.45, 7) is 7.89. The van der Waals surface area contributed by atoms with E-state index in [1.807, 2.05) is 6.92 Å². The number of rotatable bonds is 4. The molecular formula is C17H28N2O. The molecule has 1 aliphatic rings. The Balaban J connectivity index is 2.25. The third-order valence-corrected chi connectivity index (χ3v) is 4.39. The van der Waals surface area contributed by atoms with Gasteiger partial charge in [0.2, 0.25) is 0 Å². The van der Waals surface area contributed by atoms with Crippen molar-refractivity contribution in [2.75, 3.05) is 13.1 Å². The van der Waals surface area contributed by atoms with Crippen LogP contribution in [-0.4, -0.2) is 34.7 Å². The number of likely N-dealkylation sites (tertiary alicyclic amines) is 1. The molecule has 2 rings (SSSR count). The average molecular weight is 276 g/mol. The standard InChI is InChI=1S/C17H28N2O/c1-4-15(18)16(14-8-6-13(2)7-9-14)19-11-5-10-17(3,20)12-19/h6-9,15-16,20H,4-5,10-12,18H2,1-3H3. The van der Waals surface area contributed by atoms with Gasteiger partial charge >= 0.3 is 0 Å². The summed E-state index contributed by atoms with van der Waals surface area (Å²) >= 11 is 0. The normalized spacial score (nSPS) is 27.2. The smallest absolute Gasteiger partial charge is 0.0746 e. The van der Waals surface area contributed by atoms with Crippen LogP contribution in [0.25, 0.3) is 0 Å². The van der Waals surface area contributed by atoms with Crippen molar-refractivity contribution in [3.63, 3.8) is 0 Å². The number of aryl methyl sites for hydroxylation is 1. The van der Waals surface area contributed by atoms with E-state index >= 15 is 0 Å². The van der Waals surface area contributed by atoms with E-state index in [0.717, 1.165) is 25.8 Å². The number of nitrogens with two attached hydrogens (primary N) is 1. The Morgan fingerprint density at radius 1 is 1.35 bits per heavy atom. The summed E-state index contributed by atoms with van der Waals surface area (Å²) in [5.74, 6) is 0. The number of aliphatic hydroxyl groups is 1. The van der Waals surface area contributed by atoms with Crippen LogP contribution in [0.4, 0.5) is 0 Å². The second kappa shape index (κ2) is 6.25. The number of hydrogen-bond donors (Lipinski definition) is 2. The molecule has 0 aliphatic carbocycles. The van der Waals surface area contributed by atoms with Crippen LogP contribution in [0.3, 0.4) is 0 Å². The van der Waals surface area contributed by atoms with E-state index < -0.39 is 5.60 Å². The van der Waals surface area contributed by atoms with Gasteiger partial charge in [-0.25, -0.2) is 0 Å². The molecule has 1 saturated heterocycles. The maximum absolute atomic E-state index is 10.4. The number of piperidine rings is 1. The summed E-state index contributed by atoms with van der Waals surface area (Å²) in [4.78, 5) is 2.36. The van der Waals surface area contributed by atoms with Gasteiger partial charge < -0.3 is 10.8 Å². The lowest BCUT2D eigenvalue weighted by atomic mass is 9.89. The first-order valence-corrected chi connectivity index (χ1v) is 7.71. The van der Waals surface area contributed by atoms with E-state index in [1.165, 1.54) is 11.1 Å². The van der Waals surface area contributed by atoms with E-state index in [1.54, 1.807) is 0 Å². The maximum atomic E-state index is 10.4. The molecule has 1 aromatic carbocycles. The Labute approximate surface area is 122 Å². The monoisotopic (exact) mass is 276 g/mol. The van der Waals surface area contributed by atoms with E-state index in [-0.39, 0.29) is 12.1 Å². The molecule has 112 valence electrons. The van der Waals surface area contributed by atoms with Gasteiger partial charge in [-0.05, 0) is 45.2 Å². The first kappa shape index (κ1) is 15.5. The zero-order chi connectivity index (χ0) is 14.8. The van der Waals surface area contributed by atoms with Crippen LogP contribution in [0.2, 0.25) is 0 Å². The molecule has 0 saturated carbocycles. The van der Waals surface area contributed by atoms with Gasteiger partial charge in [-0.1, -0.05) is 36.8 Å². The van der Waals surface area contributed by atoms with Crippen molar-refractivity contribution >= 4 is 0 Å². The van der Waals surface area contributed by atoms with Crippen molar-refractivity contribution in [1.82, 2.24) is 4.90 Å². The molecule has 1 aliphatic heterocycles. The van der Waals surface area contributed by atoms with Crippen LogP contribution in [0.1, 0.15) is 50.3 Å².